The Hall–Kier alpha value is -2.11. The monoisotopic (exact) mass is 302 g/mol. The molecular weight excluding hydrogens is 280 g/mol. The van der Waals surface area contributed by atoms with Crippen molar-refractivity contribution in [2.45, 2.75) is 32.7 Å². The first-order valence-corrected chi connectivity index (χ1v) is 7.78. The molecule has 1 fully saturated rings. The number of carbonyl (C=O) groups is 1. The van der Waals surface area contributed by atoms with Crippen LogP contribution in [0.5, 0.6) is 0 Å². The fourth-order valence-electron chi connectivity index (χ4n) is 3.18. The van der Waals surface area contributed by atoms with E-state index in [1.165, 1.54) is 0 Å². The Morgan fingerprint density at radius 1 is 1.45 bits per heavy atom. The predicted octanol–water partition coefficient (Wildman–Crippen LogP) is 1.55. The summed E-state index contributed by atoms with van der Waals surface area (Å²) in [6, 6.07) is 3.75. The fourth-order valence-corrected chi connectivity index (χ4v) is 3.18. The van der Waals surface area contributed by atoms with Crippen LogP contribution < -0.4 is 5.69 Å². The topological polar surface area (TPSA) is 60.1 Å². The SMILES string of the molecule is CC(C)CC(=O)N1CC[C@@H](n2c(=O)n(C)c3cccnc32)C1. The van der Waals surface area contributed by atoms with Crippen LogP contribution in [0.2, 0.25) is 0 Å². The number of likely N-dealkylation sites (tertiary alicyclic amines) is 1. The molecule has 0 aromatic carbocycles. The molecule has 0 N–H and O–H groups in total. The summed E-state index contributed by atoms with van der Waals surface area (Å²) in [5.41, 5.74) is 1.48. The summed E-state index contributed by atoms with van der Waals surface area (Å²) in [6.45, 7) is 5.40. The van der Waals surface area contributed by atoms with Crippen LogP contribution in [0.4, 0.5) is 0 Å². The van der Waals surface area contributed by atoms with E-state index in [0.29, 0.717) is 31.1 Å². The van der Waals surface area contributed by atoms with Crippen LogP contribution in [-0.4, -0.2) is 38.0 Å². The number of aromatic nitrogens is 3. The first-order chi connectivity index (χ1) is 10.5. The van der Waals surface area contributed by atoms with Crippen molar-refractivity contribution in [2.24, 2.45) is 13.0 Å². The van der Waals surface area contributed by atoms with Gasteiger partial charge in [0.1, 0.15) is 0 Å². The van der Waals surface area contributed by atoms with Gasteiger partial charge >= 0.3 is 5.69 Å². The number of hydrogen-bond acceptors (Lipinski definition) is 3. The molecule has 1 saturated heterocycles. The van der Waals surface area contributed by atoms with Crippen molar-refractivity contribution in [3.63, 3.8) is 0 Å². The van der Waals surface area contributed by atoms with E-state index >= 15 is 0 Å². The molecule has 3 rings (SSSR count). The summed E-state index contributed by atoms with van der Waals surface area (Å²) in [6.07, 6.45) is 3.07. The first kappa shape index (κ1) is 14.8. The van der Waals surface area contributed by atoms with Crippen molar-refractivity contribution in [3.05, 3.63) is 28.8 Å². The molecular formula is C16H22N4O2. The van der Waals surface area contributed by atoms with Crippen LogP contribution in [0.15, 0.2) is 23.1 Å². The number of hydrogen-bond donors (Lipinski definition) is 0. The van der Waals surface area contributed by atoms with E-state index in [-0.39, 0.29) is 17.6 Å². The lowest BCUT2D eigenvalue weighted by Gasteiger charge is -2.18. The fraction of sp³-hybridized carbons (Fsp3) is 0.562. The van der Waals surface area contributed by atoms with E-state index in [0.717, 1.165) is 11.9 Å². The van der Waals surface area contributed by atoms with E-state index in [1.54, 1.807) is 22.4 Å². The van der Waals surface area contributed by atoms with Gasteiger partial charge in [0, 0.05) is 32.8 Å². The molecule has 0 spiro atoms. The minimum Gasteiger partial charge on any atom is -0.341 e. The molecule has 2 aromatic rings. The largest absolute Gasteiger partial charge is 0.341 e. The van der Waals surface area contributed by atoms with E-state index in [2.05, 4.69) is 4.98 Å². The lowest BCUT2D eigenvalue weighted by atomic mass is 10.1. The molecule has 0 aliphatic carbocycles. The Morgan fingerprint density at radius 2 is 2.23 bits per heavy atom. The van der Waals surface area contributed by atoms with Crippen LogP contribution in [0, 0.1) is 5.92 Å². The number of nitrogens with zero attached hydrogens (tertiary/aromatic N) is 4. The van der Waals surface area contributed by atoms with Gasteiger partial charge in [-0.05, 0) is 24.5 Å². The molecule has 0 radical (unpaired) electrons. The number of rotatable bonds is 3. The Morgan fingerprint density at radius 3 is 2.95 bits per heavy atom. The van der Waals surface area contributed by atoms with Gasteiger partial charge in [0.05, 0.1) is 11.6 Å². The van der Waals surface area contributed by atoms with Crippen molar-refractivity contribution in [3.8, 4) is 0 Å². The standard InChI is InChI=1S/C16H22N4O2/c1-11(2)9-14(21)19-8-6-12(10-19)20-15-13(5-4-7-17-15)18(3)16(20)22/h4-5,7,11-12H,6,8-10H2,1-3H3/t12-/m1/s1. The molecule has 0 unspecified atom stereocenters. The zero-order valence-corrected chi connectivity index (χ0v) is 13.3. The summed E-state index contributed by atoms with van der Waals surface area (Å²) in [7, 11) is 1.76. The van der Waals surface area contributed by atoms with E-state index in [9.17, 15) is 9.59 Å². The number of carbonyl (C=O) groups excluding carboxylic acids is 1. The van der Waals surface area contributed by atoms with Crippen LogP contribution in [0.3, 0.4) is 0 Å². The normalized spacial score (nSPS) is 18.5. The second kappa shape index (κ2) is 5.59. The van der Waals surface area contributed by atoms with Crippen molar-refractivity contribution in [2.75, 3.05) is 13.1 Å². The molecule has 2 aromatic heterocycles. The molecule has 6 nitrogen and oxygen atoms in total. The molecule has 6 heteroatoms. The second-order valence-electron chi connectivity index (χ2n) is 6.44. The summed E-state index contributed by atoms with van der Waals surface area (Å²) in [5, 5.41) is 0. The van der Waals surface area contributed by atoms with E-state index < -0.39 is 0 Å². The van der Waals surface area contributed by atoms with Gasteiger partial charge in [0.25, 0.3) is 0 Å². The molecule has 22 heavy (non-hydrogen) atoms. The number of aryl methyl sites for hydroxylation is 1. The highest BCUT2D eigenvalue weighted by Gasteiger charge is 2.30. The van der Waals surface area contributed by atoms with Crippen molar-refractivity contribution in [1.29, 1.82) is 0 Å². The number of amides is 1. The first-order valence-electron chi connectivity index (χ1n) is 7.78. The molecule has 1 aliphatic heterocycles. The summed E-state index contributed by atoms with van der Waals surface area (Å²) < 4.78 is 3.37. The van der Waals surface area contributed by atoms with E-state index in [1.807, 2.05) is 30.9 Å². The molecule has 3 heterocycles. The van der Waals surface area contributed by atoms with Crippen molar-refractivity contribution >= 4 is 17.1 Å². The molecule has 0 bridgehead atoms. The number of imidazole rings is 1. The van der Waals surface area contributed by atoms with Crippen LogP contribution in [0.25, 0.3) is 11.2 Å². The number of pyridine rings is 1. The highest BCUT2D eigenvalue weighted by atomic mass is 16.2. The minimum absolute atomic E-state index is 0.0159. The van der Waals surface area contributed by atoms with Gasteiger partial charge in [0.2, 0.25) is 5.91 Å². The zero-order chi connectivity index (χ0) is 15.9. The summed E-state index contributed by atoms with van der Waals surface area (Å²) >= 11 is 0. The van der Waals surface area contributed by atoms with Gasteiger partial charge in [0.15, 0.2) is 5.65 Å². The van der Waals surface area contributed by atoms with Gasteiger partial charge in [-0.3, -0.25) is 13.9 Å². The van der Waals surface area contributed by atoms with Gasteiger partial charge in [-0.15, -0.1) is 0 Å². The molecule has 1 amide bonds. The molecule has 118 valence electrons. The molecule has 1 aliphatic rings. The quantitative estimate of drug-likeness (QED) is 0.864. The maximum Gasteiger partial charge on any atom is 0.330 e. The lowest BCUT2D eigenvalue weighted by Crippen LogP contribution is -2.32. The third-order valence-electron chi connectivity index (χ3n) is 4.31. The summed E-state index contributed by atoms with van der Waals surface area (Å²) in [4.78, 5) is 31.0. The second-order valence-corrected chi connectivity index (χ2v) is 6.44. The Labute approximate surface area is 129 Å². The Balaban J connectivity index is 1.89. The highest BCUT2D eigenvalue weighted by molar-refractivity contribution is 5.77. The Bertz CT molecular complexity index is 759. The molecule has 1 atom stereocenters. The maximum atomic E-state index is 12.5. The predicted molar refractivity (Wildman–Crippen MR) is 84.7 cm³/mol. The van der Waals surface area contributed by atoms with Crippen LogP contribution in [-0.2, 0) is 11.8 Å². The zero-order valence-electron chi connectivity index (χ0n) is 13.3. The maximum absolute atomic E-state index is 12.5. The van der Waals surface area contributed by atoms with Crippen molar-refractivity contribution in [1.82, 2.24) is 19.0 Å². The van der Waals surface area contributed by atoms with Gasteiger partial charge in [-0.1, -0.05) is 13.8 Å². The van der Waals surface area contributed by atoms with Crippen molar-refractivity contribution < 1.29 is 4.79 Å². The van der Waals surface area contributed by atoms with Crippen LogP contribution >= 0.6 is 0 Å². The third kappa shape index (κ3) is 2.42. The van der Waals surface area contributed by atoms with E-state index in [4.69, 9.17) is 0 Å². The third-order valence-corrected chi connectivity index (χ3v) is 4.31. The number of fused-ring (bicyclic) bond motifs is 1. The average molecular weight is 302 g/mol. The van der Waals surface area contributed by atoms with Gasteiger partial charge in [-0.2, -0.15) is 0 Å². The average Bonchev–Trinajstić information content (AvgIpc) is 3.04. The lowest BCUT2D eigenvalue weighted by molar-refractivity contribution is -0.131. The molecule has 0 saturated carbocycles. The smallest absolute Gasteiger partial charge is 0.330 e. The summed E-state index contributed by atoms with van der Waals surface area (Å²) in [5.74, 6) is 0.534. The van der Waals surface area contributed by atoms with Gasteiger partial charge in [-0.25, -0.2) is 9.78 Å². The minimum atomic E-state index is -0.0585. The highest BCUT2D eigenvalue weighted by Crippen LogP contribution is 2.24. The Kier molecular flexibility index (Phi) is 3.76. The van der Waals surface area contributed by atoms with Crippen LogP contribution in [0.1, 0.15) is 32.7 Å². The van der Waals surface area contributed by atoms with Gasteiger partial charge < -0.3 is 4.90 Å².